The van der Waals surface area contributed by atoms with Gasteiger partial charge in [0.15, 0.2) is 0 Å². The largest absolute Gasteiger partial charge is 0.465 e. The van der Waals surface area contributed by atoms with Crippen molar-refractivity contribution in [2.45, 2.75) is 25.4 Å². The summed E-state index contributed by atoms with van der Waals surface area (Å²) in [5.41, 5.74) is 6.55. The zero-order valence-electron chi connectivity index (χ0n) is 11.0. The summed E-state index contributed by atoms with van der Waals surface area (Å²) in [7, 11) is 1.33. The van der Waals surface area contributed by atoms with E-state index in [1.165, 1.54) is 13.3 Å². The van der Waals surface area contributed by atoms with Crippen molar-refractivity contribution in [2.24, 2.45) is 0 Å². The van der Waals surface area contributed by atoms with Gasteiger partial charge in [0.05, 0.1) is 24.5 Å². The molecule has 0 aromatic carbocycles. The average molecular weight is 265 g/mol. The Kier molecular flexibility index (Phi) is 4.57. The molecule has 0 aliphatic carbocycles. The number of esters is 1. The van der Waals surface area contributed by atoms with Crippen LogP contribution in [0.3, 0.4) is 0 Å². The number of nitrogens with one attached hydrogen (secondary N) is 1. The molecule has 3 N–H and O–H groups in total. The molecule has 0 radical (unpaired) electrons. The number of carbonyl (C=O) groups excluding carboxylic acids is 1. The molecule has 0 bridgehead atoms. The lowest BCUT2D eigenvalue weighted by Crippen LogP contribution is -2.15. The van der Waals surface area contributed by atoms with Crippen molar-refractivity contribution in [3.63, 3.8) is 0 Å². The van der Waals surface area contributed by atoms with Gasteiger partial charge in [-0.2, -0.15) is 0 Å². The van der Waals surface area contributed by atoms with E-state index in [2.05, 4.69) is 15.0 Å². The second-order valence-electron chi connectivity index (χ2n) is 4.46. The van der Waals surface area contributed by atoms with Gasteiger partial charge in [-0.1, -0.05) is 0 Å². The number of nitrogens with two attached hydrogens (primary N) is 1. The van der Waals surface area contributed by atoms with Crippen LogP contribution in [0.15, 0.2) is 12.3 Å². The maximum Gasteiger partial charge on any atom is 0.340 e. The van der Waals surface area contributed by atoms with Crippen LogP contribution in [0.4, 0.5) is 11.5 Å². The van der Waals surface area contributed by atoms with Gasteiger partial charge < -0.3 is 20.5 Å². The van der Waals surface area contributed by atoms with Gasteiger partial charge in [-0.25, -0.2) is 9.78 Å². The molecule has 2 rings (SSSR count). The number of nitrogen functional groups attached to an aromatic ring is 1. The average Bonchev–Trinajstić information content (AvgIpc) is 2.93. The lowest BCUT2D eigenvalue weighted by atomic mass is 10.2. The van der Waals surface area contributed by atoms with Crippen molar-refractivity contribution >= 4 is 17.5 Å². The highest BCUT2D eigenvalue weighted by atomic mass is 16.5. The van der Waals surface area contributed by atoms with Crippen LogP contribution >= 0.6 is 0 Å². The Balaban J connectivity index is 1.94. The number of methoxy groups -OCH3 is 1. The number of hydrogen-bond acceptors (Lipinski definition) is 6. The molecule has 19 heavy (non-hydrogen) atoms. The fourth-order valence-electron chi connectivity index (χ4n) is 2.13. The minimum Gasteiger partial charge on any atom is -0.465 e. The van der Waals surface area contributed by atoms with Crippen LogP contribution in [0, 0.1) is 0 Å². The zero-order valence-corrected chi connectivity index (χ0v) is 11.0. The molecule has 104 valence electrons. The highest BCUT2D eigenvalue weighted by Gasteiger charge is 2.16. The van der Waals surface area contributed by atoms with Crippen molar-refractivity contribution in [1.29, 1.82) is 0 Å². The van der Waals surface area contributed by atoms with Crippen molar-refractivity contribution in [3.05, 3.63) is 17.8 Å². The highest BCUT2D eigenvalue weighted by Crippen LogP contribution is 2.21. The monoisotopic (exact) mass is 265 g/mol. The molecular weight excluding hydrogens is 246 g/mol. The van der Waals surface area contributed by atoms with E-state index in [0.717, 1.165) is 25.9 Å². The fraction of sp³-hybridized carbons (Fsp3) is 0.538. The first-order valence-electron chi connectivity index (χ1n) is 6.40. The van der Waals surface area contributed by atoms with Gasteiger partial charge in [0.2, 0.25) is 0 Å². The van der Waals surface area contributed by atoms with Gasteiger partial charge in [0.25, 0.3) is 0 Å². The fourth-order valence-corrected chi connectivity index (χ4v) is 2.13. The molecule has 0 amide bonds. The van der Waals surface area contributed by atoms with Gasteiger partial charge in [-0.15, -0.1) is 0 Å². The Bertz CT molecular complexity index is 445. The van der Waals surface area contributed by atoms with E-state index < -0.39 is 5.97 Å². The number of ether oxygens (including phenoxy) is 2. The number of carbonyl (C=O) groups is 1. The van der Waals surface area contributed by atoms with Crippen LogP contribution in [0.25, 0.3) is 0 Å². The number of nitrogens with zero attached hydrogens (tertiary/aromatic N) is 1. The number of rotatable bonds is 5. The zero-order chi connectivity index (χ0) is 13.7. The molecule has 1 aliphatic heterocycles. The predicted molar refractivity (Wildman–Crippen MR) is 72.1 cm³/mol. The van der Waals surface area contributed by atoms with E-state index in [4.69, 9.17) is 10.5 Å². The summed E-state index contributed by atoms with van der Waals surface area (Å²) in [6.45, 7) is 1.56. The minimum atomic E-state index is -0.456. The minimum absolute atomic E-state index is 0.317. The number of hydrogen-bond donors (Lipinski definition) is 2. The molecule has 2 heterocycles. The van der Waals surface area contributed by atoms with Crippen molar-refractivity contribution in [3.8, 4) is 0 Å². The van der Waals surface area contributed by atoms with E-state index in [1.807, 2.05) is 0 Å². The van der Waals surface area contributed by atoms with Gasteiger partial charge in [0.1, 0.15) is 5.82 Å². The summed E-state index contributed by atoms with van der Waals surface area (Å²) in [5.74, 6) is 0.0583. The van der Waals surface area contributed by atoms with Crippen LogP contribution in [-0.2, 0) is 9.47 Å². The Hall–Kier alpha value is -1.82. The quantitative estimate of drug-likeness (QED) is 0.783. The summed E-state index contributed by atoms with van der Waals surface area (Å²) in [5, 5.41) is 3.14. The second-order valence-corrected chi connectivity index (χ2v) is 4.46. The molecule has 1 fully saturated rings. The predicted octanol–water partition coefficient (Wildman–Crippen LogP) is 1.43. The maximum atomic E-state index is 11.5. The molecule has 1 aliphatic rings. The molecule has 6 nitrogen and oxygen atoms in total. The highest BCUT2D eigenvalue weighted by molar-refractivity contribution is 5.97. The summed E-state index contributed by atoms with van der Waals surface area (Å²) in [6.07, 6.45) is 4.99. The first-order valence-corrected chi connectivity index (χ1v) is 6.40. The standard InChI is InChI=1S/C13H19N3O3/c1-18-13(17)10-5-7-16-12(11(10)14)15-6-4-9-3-2-8-19-9/h5,7,9H,2-4,6,8,14H2,1H3,(H,15,16). The Morgan fingerprint density at radius 3 is 3.21 bits per heavy atom. The summed E-state index contributed by atoms with van der Waals surface area (Å²) in [6, 6.07) is 1.55. The number of aromatic nitrogens is 1. The third kappa shape index (κ3) is 3.35. The third-order valence-corrected chi connectivity index (χ3v) is 3.18. The van der Waals surface area contributed by atoms with Crippen LogP contribution in [0.1, 0.15) is 29.6 Å². The van der Waals surface area contributed by atoms with E-state index in [1.54, 1.807) is 6.07 Å². The number of pyridine rings is 1. The van der Waals surface area contributed by atoms with Gasteiger partial charge in [-0.3, -0.25) is 0 Å². The summed E-state index contributed by atoms with van der Waals surface area (Å²) < 4.78 is 10.2. The molecule has 1 unspecified atom stereocenters. The summed E-state index contributed by atoms with van der Waals surface area (Å²) in [4.78, 5) is 15.6. The molecule has 1 aromatic rings. The van der Waals surface area contributed by atoms with E-state index in [9.17, 15) is 4.79 Å². The number of anilines is 2. The van der Waals surface area contributed by atoms with E-state index in [-0.39, 0.29) is 0 Å². The van der Waals surface area contributed by atoms with Crippen molar-refractivity contribution < 1.29 is 14.3 Å². The van der Waals surface area contributed by atoms with Gasteiger partial charge in [-0.05, 0) is 25.3 Å². The molecule has 1 aromatic heterocycles. The van der Waals surface area contributed by atoms with Crippen molar-refractivity contribution in [2.75, 3.05) is 31.3 Å². The SMILES string of the molecule is COC(=O)c1ccnc(NCCC2CCCO2)c1N. The third-order valence-electron chi connectivity index (χ3n) is 3.18. The van der Waals surface area contributed by atoms with E-state index in [0.29, 0.717) is 29.7 Å². The second kappa shape index (κ2) is 6.38. The normalized spacial score (nSPS) is 18.3. The maximum absolute atomic E-state index is 11.5. The van der Waals surface area contributed by atoms with Crippen LogP contribution in [-0.4, -0.2) is 37.3 Å². The molecule has 0 spiro atoms. The topological polar surface area (TPSA) is 86.5 Å². The smallest absolute Gasteiger partial charge is 0.340 e. The van der Waals surface area contributed by atoms with E-state index >= 15 is 0 Å². The Morgan fingerprint density at radius 2 is 2.53 bits per heavy atom. The lowest BCUT2D eigenvalue weighted by molar-refractivity contribution is 0.0602. The Labute approximate surface area is 112 Å². The molecule has 1 atom stereocenters. The van der Waals surface area contributed by atoms with Gasteiger partial charge >= 0.3 is 5.97 Å². The van der Waals surface area contributed by atoms with Crippen LogP contribution < -0.4 is 11.1 Å². The van der Waals surface area contributed by atoms with Gasteiger partial charge in [0, 0.05) is 19.3 Å². The van der Waals surface area contributed by atoms with Crippen molar-refractivity contribution in [1.82, 2.24) is 4.98 Å². The molecule has 0 saturated carbocycles. The summed E-state index contributed by atoms with van der Waals surface area (Å²) >= 11 is 0. The first kappa shape index (κ1) is 13.6. The lowest BCUT2D eigenvalue weighted by Gasteiger charge is -2.13. The van der Waals surface area contributed by atoms with Crippen LogP contribution in [0.5, 0.6) is 0 Å². The molecule has 1 saturated heterocycles. The molecular formula is C13H19N3O3. The Morgan fingerprint density at radius 1 is 1.68 bits per heavy atom. The molecule has 6 heteroatoms. The van der Waals surface area contributed by atoms with Crippen LogP contribution in [0.2, 0.25) is 0 Å². The first-order chi connectivity index (χ1) is 9.22.